The molecule has 15 heavy (non-hydrogen) atoms. The number of ether oxygens (including phenoxy) is 1. The third kappa shape index (κ3) is 3.18. The van der Waals surface area contributed by atoms with Crippen molar-refractivity contribution >= 4 is 5.91 Å². The molecule has 0 saturated carbocycles. The van der Waals surface area contributed by atoms with Crippen LogP contribution < -0.4 is 5.32 Å². The van der Waals surface area contributed by atoms with E-state index in [-0.39, 0.29) is 18.1 Å². The van der Waals surface area contributed by atoms with Gasteiger partial charge in [-0.25, -0.2) is 0 Å². The fourth-order valence-corrected chi connectivity index (χ4v) is 1.66. The lowest BCUT2D eigenvalue weighted by atomic mass is 10.2. The van der Waals surface area contributed by atoms with E-state index in [1.54, 1.807) is 19.1 Å². The molecule has 0 bridgehead atoms. The highest BCUT2D eigenvalue weighted by Crippen LogP contribution is 2.11. The molecule has 0 aromatic heterocycles. The maximum Gasteiger partial charge on any atom is 0.239 e. The molecule has 0 aromatic rings. The van der Waals surface area contributed by atoms with E-state index in [9.17, 15) is 4.79 Å². The molecule has 2 atom stereocenters. The van der Waals surface area contributed by atoms with Gasteiger partial charge in [-0.15, -0.1) is 0 Å². The Labute approximate surface area is 90.0 Å². The zero-order chi connectivity index (χ0) is 11.3. The first-order chi connectivity index (χ1) is 7.19. The summed E-state index contributed by atoms with van der Waals surface area (Å²) in [5.74, 6) is 0.0461. The minimum atomic E-state index is -0.154. The maximum atomic E-state index is 11.8. The molecule has 1 heterocycles. The fourth-order valence-electron chi connectivity index (χ4n) is 1.66. The Hall–Kier alpha value is -1.12. The number of likely N-dealkylation sites (N-methyl/N-ethyl adjacent to an activating group) is 1. The van der Waals surface area contributed by atoms with Crippen LogP contribution in [-0.4, -0.2) is 50.2 Å². The van der Waals surface area contributed by atoms with E-state index < -0.39 is 0 Å². The van der Waals surface area contributed by atoms with E-state index in [2.05, 4.69) is 5.32 Å². The monoisotopic (exact) mass is 211 g/mol. The van der Waals surface area contributed by atoms with Crippen molar-refractivity contribution in [1.29, 1.82) is 5.26 Å². The summed E-state index contributed by atoms with van der Waals surface area (Å²) in [5, 5.41) is 11.5. The minimum Gasteiger partial charge on any atom is -0.380 e. The highest BCUT2D eigenvalue weighted by molar-refractivity contribution is 5.82. The molecule has 0 aromatic carbocycles. The van der Waals surface area contributed by atoms with Gasteiger partial charge in [0, 0.05) is 27.2 Å². The molecule has 84 valence electrons. The molecule has 1 aliphatic rings. The lowest BCUT2D eigenvalue weighted by molar-refractivity contribution is -0.131. The molecular formula is C10H17N3O2. The van der Waals surface area contributed by atoms with Crippen molar-refractivity contribution in [3.8, 4) is 6.07 Å². The number of rotatable bonds is 4. The van der Waals surface area contributed by atoms with Gasteiger partial charge in [-0.3, -0.25) is 4.79 Å². The minimum absolute atomic E-state index is 0.0461. The van der Waals surface area contributed by atoms with Crippen molar-refractivity contribution in [3.05, 3.63) is 0 Å². The molecule has 1 fully saturated rings. The number of methoxy groups -OCH3 is 1. The Morgan fingerprint density at radius 2 is 2.47 bits per heavy atom. The van der Waals surface area contributed by atoms with E-state index >= 15 is 0 Å². The number of amides is 1. The second-order valence-corrected chi connectivity index (χ2v) is 3.72. The number of carbonyl (C=O) groups is 1. The maximum absolute atomic E-state index is 11.8. The summed E-state index contributed by atoms with van der Waals surface area (Å²) in [4.78, 5) is 13.4. The van der Waals surface area contributed by atoms with Crippen LogP contribution in [0.15, 0.2) is 0 Å². The van der Waals surface area contributed by atoms with Gasteiger partial charge in [0.2, 0.25) is 5.91 Å². The van der Waals surface area contributed by atoms with Gasteiger partial charge in [0.1, 0.15) is 0 Å². The van der Waals surface area contributed by atoms with Gasteiger partial charge in [0.25, 0.3) is 0 Å². The molecule has 0 spiro atoms. The van der Waals surface area contributed by atoms with Gasteiger partial charge >= 0.3 is 0 Å². The molecule has 1 rings (SSSR count). The average Bonchev–Trinajstić information content (AvgIpc) is 2.73. The first-order valence-electron chi connectivity index (χ1n) is 5.07. The van der Waals surface area contributed by atoms with Gasteiger partial charge in [0.15, 0.2) is 0 Å². The van der Waals surface area contributed by atoms with Crippen LogP contribution >= 0.6 is 0 Å². The van der Waals surface area contributed by atoms with Crippen LogP contribution in [0.3, 0.4) is 0 Å². The number of nitrogens with one attached hydrogen (secondary N) is 1. The van der Waals surface area contributed by atoms with Crippen molar-refractivity contribution in [2.45, 2.75) is 25.0 Å². The Morgan fingerprint density at radius 1 is 1.73 bits per heavy atom. The summed E-state index contributed by atoms with van der Waals surface area (Å²) in [5.41, 5.74) is 0. The number of nitrogens with zero attached hydrogens (tertiary/aromatic N) is 2. The fraction of sp³-hybridized carbons (Fsp3) is 0.800. The average molecular weight is 211 g/mol. The Bertz CT molecular complexity index is 262. The molecule has 0 aliphatic carbocycles. The summed E-state index contributed by atoms with van der Waals surface area (Å²) >= 11 is 0. The third-order valence-electron chi connectivity index (χ3n) is 2.66. The number of nitriles is 1. The summed E-state index contributed by atoms with van der Waals surface area (Å²) in [6.07, 6.45) is 1.22. The molecule has 1 aliphatic heterocycles. The molecular weight excluding hydrogens is 194 g/mol. The zero-order valence-electron chi connectivity index (χ0n) is 9.19. The quantitative estimate of drug-likeness (QED) is 0.695. The summed E-state index contributed by atoms with van der Waals surface area (Å²) in [6, 6.07) is 1.87. The van der Waals surface area contributed by atoms with Crippen molar-refractivity contribution in [3.63, 3.8) is 0 Å². The smallest absolute Gasteiger partial charge is 0.239 e. The second kappa shape index (κ2) is 5.69. The van der Waals surface area contributed by atoms with Crippen molar-refractivity contribution in [1.82, 2.24) is 10.2 Å². The Kier molecular flexibility index (Phi) is 4.53. The van der Waals surface area contributed by atoms with Gasteiger partial charge in [0.05, 0.1) is 24.6 Å². The van der Waals surface area contributed by atoms with Crippen molar-refractivity contribution < 1.29 is 9.53 Å². The molecule has 5 heteroatoms. The number of hydrogen-bond donors (Lipinski definition) is 1. The van der Waals surface area contributed by atoms with Gasteiger partial charge in [-0.2, -0.15) is 5.26 Å². The Balaban J connectivity index is 2.37. The molecule has 1 amide bonds. The van der Waals surface area contributed by atoms with Crippen LogP contribution in [-0.2, 0) is 9.53 Å². The summed E-state index contributed by atoms with van der Waals surface area (Å²) in [7, 11) is 3.38. The molecule has 1 N–H and O–H groups in total. The second-order valence-electron chi connectivity index (χ2n) is 3.72. The standard InChI is InChI=1S/C10H17N3O2/c1-13(5-3-4-11)10(14)9-6-8(15-2)7-12-9/h8-9,12H,3,5-7H2,1-2H3. The van der Waals surface area contributed by atoms with E-state index in [4.69, 9.17) is 10.00 Å². The number of carbonyl (C=O) groups excluding carboxylic acids is 1. The first-order valence-corrected chi connectivity index (χ1v) is 5.07. The largest absolute Gasteiger partial charge is 0.380 e. The zero-order valence-corrected chi connectivity index (χ0v) is 9.19. The van der Waals surface area contributed by atoms with Crippen LogP contribution in [0, 0.1) is 11.3 Å². The highest BCUT2D eigenvalue weighted by atomic mass is 16.5. The van der Waals surface area contributed by atoms with E-state index in [0.29, 0.717) is 19.4 Å². The summed E-state index contributed by atoms with van der Waals surface area (Å²) in [6.45, 7) is 1.21. The van der Waals surface area contributed by atoms with Gasteiger partial charge in [-0.05, 0) is 6.42 Å². The lowest BCUT2D eigenvalue weighted by Crippen LogP contribution is -2.41. The highest BCUT2D eigenvalue weighted by Gasteiger charge is 2.30. The SMILES string of the molecule is COC1CNC(C(=O)N(C)CCC#N)C1. The predicted molar refractivity (Wildman–Crippen MR) is 55.1 cm³/mol. The molecule has 5 nitrogen and oxygen atoms in total. The van der Waals surface area contributed by atoms with Crippen LogP contribution in [0.1, 0.15) is 12.8 Å². The Morgan fingerprint density at radius 3 is 3.00 bits per heavy atom. The van der Waals surface area contributed by atoms with Crippen LogP contribution in [0.25, 0.3) is 0 Å². The first kappa shape index (κ1) is 12.0. The van der Waals surface area contributed by atoms with Crippen molar-refractivity contribution in [2.75, 3.05) is 27.2 Å². The van der Waals surface area contributed by atoms with Gasteiger partial charge in [-0.1, -0.05) is 0 Å². The summed E-state index contributed by atoms with van der Waals surface area (Å²) < 4.78 is 5.17. The number of hydrogen-bond acceptors (Lipinski definition) is 4. The normalized spacial score (nSPS) is 24.9. The van der Waals surface area contributed by atoms with Crippen LogP contribution in [0.4, 0.5) is 0 Å². The topological polar surface area (TPSA) is 65.4 Å². The van der Waals surface area contributed by atoms with E-state index in [1.807, 2.05) is 6.07 Å². The predicted octanol–water partition coefficient (Wildman–Crippen LogP) is -0.265. The third-order valence-corrected chi connectivity index (χ3v) is 2.66. The van der Waals surface area contributed by atoms with Crippen LogP contribution in [0.5, 0.6) is 0 Å². The van der Waals surface area contributed by atoms with E-state index in [0.717, 1.165) is 6.54 Å². The lowest BCUT2D eigenvalue weighted by Gasteiger charge is -2.19. The van der Waals surface area contributed by atoms with E-state index in [1.165, 1.54) is 0 Å². The molecule has 1 saturated heterocycles. The van der Waals surface area contributed by atoms with Gasteiger partial charge < -0.3 is 15.0 Å². The van der Waals surface area contributed by atoms with Crippen LogP contribution in [0.2, 0.25) is 0 Å². The molecule has 2 unspecified atom stereocenters. The molecule has 0 radical (unpaired) electrons. The van der Waals surface area contributed by atoms with Crippen molar-refractivity contribution in [2.24, 2.45) is 0 Å².